The SMILES string of the molecule is CCc1ccc2cc3oc4c(ccc5c6cc7ccc(C)cc7cc6oc54)c3cc2c1. The molecule has 0 saturated heterocycles. The maximum absolute atomic E-state index is 6.38. The Morgan fingerprint density at radius 2 is 1.13 bits per heavy atom. The lowest BCUT2D eigenvalue weighted by molar-refractivity contribution is 0.634. The first-order valence-corrected chi connectivity index (χ1v) is 10.8. The highest BCUT2D eigenvalue weighted by Crippen LogP contribution is 2.40. The van der Waals surface area contributed by atoms with Crippen molar-refractivity contribution in [2.45, 2.75) is 20.3 Å². The molecule has 7 aromatic rings. The lowest BCUT2D eigenvalue weighted by atomic mass is 10.0. The van der Waals surface area contributed by atoms with Gasteiger partial charge in [-0.15, -0.1) is 0 Å². The Kier molecular flexibility index (Phi) is 3.22. The van der Waals surface area contributed by atoms with Gasteiger partial charge in [-0.3, -0.25) is 0 Å². The molecule has 2 nitrogen and oxygen atoms in total. The molecule has 31 heavy (non-hydrogen) atoms. The molecule has 2 heterocycles. The van der Waals surface area contributed by atoms with Crippen LogP contribution in [0.3, 0.4) is 0 Å². The average molecular weight is 400 g/mol. The monoisotopic (exact) mass is 400 g/mol. The number of hydrogen-bond acceptors (Lipinski definition) is 2. The summed E-state index contributed by atoms with van der Waals surface area (Å²) in [5.74, 6) is 0. The van der Waals surface area contributed by atoms with Gasteiger partial charge in [0.1, 0.15) is 11.2 Å². The van der Waals surface area contributed by atoms with Crippen LogP contribution in [0.2, 0.25) is 0 Å². The van der Waals surface area contributed by atoms with Gasteiger partial charge in [0.15, 0.2) is 11.2 Å². The Balaban J connectivity index is 1.58. The number of benzene rings is 5. The molecular weight excluding hydrogens is 380 g/mol. The van der Waals surface area contributed by atoms with Crippen molar-refractivity contribution in [3.63, 3.8) is 0 Å². The Morgan fingerprint density at radius 1 is 0.548 bits per heavy atom. The minimum Gasteiger partial charge on any atom is -0.452 e. The van der Waals surface area contributed by atoms with Gasteiger partial charge in [-0.1, -0.05) is 48.9 Å². The topological polar surface area (TPSA) is 26.3 Å². The maximum Gasteiger partial charge on any atom is 0.178 e. The Hall–Kier alpha value is -3.78. The van der Waals surface area contributed by atoms with Crippen LogP contribution in [0.15, 0.2) is 81.6 Å². The Morgan fingerprint density at radius 3 is 1.84 bits per heavy atom. The van der Waals surface area contributed by atoms with Gasteiger partial charge in [-0.2, -0.15) is 0 Å². The predicted molar refractivity (Wildman–Crippen MR) is 130 cm³/mol. The highest BCUT2D eigenvalue weighted by atomic mass is 16.4. The van der Waals surface area contributed by atoms with Crippen molar-refractivity contribution in [2.24, 2.45) is 0 Å². The van der Waals surface area contributed by atoms with Crippen LogP contribution < -0.4 is 0 Å². The van der Waals surface area contributed by atoms with Crippen molar-refractivity contribution in [3.8, 4) is 0 Å². The number of rotatable bonds is 1. The zero-order valence-electron chi connectivity index (χ0n) is 17.5. The molecule has 5 aromatic carbocycles. The summed E-state index contributed by atoms with van der Waals surface area (Å²) < 4.78 is 12.8. The molecule has 0 aliphatic rings. The van der Waals surface area contributed by atoms with Crippen LogP contribution in [0, 0.1) is 6.92 Å². The molecule has 2 heteroatoms. The zero-order valence-corrected chi connectivity index (χ0v) is 17.5. The van der Waals surface area contributed by atoms with Gasteiger partial charge < -0.3 is 8.83 Å². The average Bonchev–Trinajstić information content (AvgIpc) is 3.33. The Labute approximate surface area is 178 Å². The molecule has 0 aliphatic heterocycles. The van der Waals surface area contributed by atoms with E-state index in [0.717, 1.165) is 50.3 Å². The normalized spacial score (nSPS) is 12.3. The van der Waals surface area contributed by atoms with E-state index in [9.17, 15) is 0 Å². The van der Waals surface area contributed by atoms with Gasteiger partial charge in [-0.25, -0.2) is 0 Å². The summed E-state index contributed by atoms with van der Waals surface area (Å²) in [5.41, 5.74) is 6.06. The summed E-state index contributed by atoms with van der Waals surface area (Å²) in [7, 11) is 0. The van der Waals surface area contributed by atoms with Crippen LogP contribution in [-0.2, 0) is 6.42 Å². The summed E-state index contributed by atoms with van der Waals surface area (Å²) in [6.07, 6.45) is 1.04. The third kappa shape index (κ3) is 2.33. The second-order valence-electron chi connectivity index (χ2n) is 8.61. The second kappa shape index (κ2) is 5.89. The smallest absolute Gasteiger partial charge is 0.178 e. The summed E-state index contributed by atoms with van der Waals surface area (Å²) in [5, 5.41) is 9.35. The number of furan rings is 2. The third-order valence-corrected chi connectivity index (χ3v) is 6.62. The van der Waals surface area contributed by atoms with Crippen LogP contribution in [0.1, 0.15) is 18.1 Å². The molecule has 148 valence electrons. The van der Waals surface area contributed by atoms with E-state index >= 15 is 0 Å². The molecule has 0 N–H and O–H groups in total. The molecule has 0 amide bonds. The molecule has 0 aliphatic carbocycles. The van der Waals surface area contributed by atoms with Crippen molar-refractivity contribution in [1.82, 2.24) is 0 Å². The highest BCUT2D eigenvalue weighted by molar-refractivity contribution is 6.21. The molecule has 7 rings (SSSR count). The molecule has 0 saturated carbocycles. The van der Waals surface area contributed by atoms with Crippen LogP contribution in [0.5, 0.6) is 0 Å². The van der Waals surface area contributed by atoms with Crippen LogP contribution in [0.4, 0.5) is 0 Å². The quantitative estimate of drug-likeness (QED) is 0.275. The van der Waals surface area contributed by atoms with E-state index in [0.29, 0.717) is 0 Å². The van der Waals surface area contributed by atoms with Crippen LogP contribution in [-0.4, -0.2) is 0 Å². The summed E-state index contributed by atoms with van der Waals surface area (Å²) in [6, 6.07) is 26.3. The second-order valence-corrected chi connectivity index (χ2v) is 8.61. The lowest BCUT2D eigenvalue weighted by Gasteiger charge is -2.01. The van der Waals surface area contributed by atoms with Crippen molar-refractivity contribution < 1.29 is 8.83 Å². The Bertz CT molecular complexity index is 1830. The van der Waals surface area contributed by atoms with E-state index in [2.05, 4.69) is 86.6 Å². The zero-order chi connectivity index (χ0) is 20.7. The van der Waals surface area contributed by atoms with E-state index in [1.807, 2.05) is 0 Å². The molecule has 0 unspecified atom stereocenters. The molecule has 0 spiro atoms. The van der Waals surface area contributed by atoms with Crippen LogP contribution in [0.25, 0.3) is 65.4 Å². The number of fused-ring (bicyclic) bond motifs is 9. The van der Waals surface area contributed by atoms with E-state index < -0.39 is 0 Å². The van der Waals surface area contributed by atoms with Crippen LogP contribution >= 0.6 is 0 Å². The van der Waals surface area contributed by atoms with Gasteiger partial charge >= 0.3 is 0 Å². The fourth-order valence-electron chi connectivity index (χ4n) is 4.94. The van der Waals surface area contributed by atoms with Gasteiger partial charge in [0.05, 0.1) is 0 Å². The van der Waals surface area contributed by atoms with E-state index in [-0.39, 0.29) is 0 Å². The first kappa shape index (κ1) is 17.0. The van der Waals surface area contributed by atoms with Crippen molar-refractivity contribution in [3.05, 3.63) is 83.9 Å². The van der Waals surface area contributed by atoms with Gasteiger partial charge in [0, 0.05) is 21.5 Å². The fraction of sp³-hybridized carbons (Fsp3) is 0.103. The van der Waals surface area contributed by atoms with E-state index in [1.54, 1.807) is 0 Å². The molecule has 0 bridgehead atoms. The highest BCUT2D eigenvalue weighted by Gasteiger charge is 2.17. The fourth-order valence-corrected chi connectivity index (χ4v) is 4.94. The molecule has 2 aromatic heterocycles. The number of hydrogen-bond donors (Lipinski definition) is 0. The standard InChI is InChI=1S/C29H20O2/c1-3-17-5-7-19-14-26-25(13-21(19)11-17)23-9-8-22-24-12-18-6-4-16(2)10-20(18)15-27(24)31-28(22)29(23)30-26/h4-15H,3H2,1-2H3. The predicted octanol–water partition coefficient (Wildman–Crippen LogP) is 8.66. The summed E-state index contributed by atoms with van der Waals surface area (Å²) in [6.45, 7) is 4.31. The lowest BCUT2D eigenvalue weighted by Crippen LogP contribution is -1.80. The largest absolute Gasteiger partial charge is 0.452 e. The molecule has 0 fully saturated rings. The van der Waals surface area contributed by atoms with Gasteiger partial charge in [0.2, 0.25) is 0 Å². The molecule has 0 radical (unpaired) electrons. The first-order valence-electron chi connectivity index (χ1n) is 10.8. The number of aryl methyl sites for hydroxylation is 2. The van der Waals surface area contributed by atoms with E-state index in [1.165, 1.54) is 32.7 Å². The van der Waals surface area contributed by atoms with Gasteiger partial charge in [0.25, 0.3) is 0 Å². The van der Waals surface area contributed by atoms with Gasteiger partial charge in [-0.05, 0) is 76.9 Å². The van der Waals surface area contributed by atoms with E-state index in [4.69, 9.17) is 8.83 Å². The third-order valence-electron chi connectivity index (χ3n) is 6.62. The molecular formula is C29H20O2. The molecule has 0 atom stereocenters. The first-order chi connectivity index (χ1) is 15.2. The van der Waals surface area contributed by atoms with Crippen molar-refractivity contribution >= 4 is 65.4 Å². The minimum absolute atomic E-state index is 0.828. The maximum atomic E-state index is 6.38. The van der Waals surface area contributed by atoms with Crippen molar-refractivity contribution in [2.75, 3.05) is 0 Å². The van der Waals surface area contributed by atoms with Crippen molar-refractivity contribution in [1.29, 1.82) is 0 Å². The minimum atomic E-state index is 0.828. The summed E-state index contributed by atoms with van der Waals surface area (Å²) >= 11 is 0. The summed E-state index contributed by atoms with van der Waals surface area (Å²) in [4.78, 5) is 0.